The number of nitrogens with zero attached hydrogens (tertiary/aromatic N) is 1. The normalized spacial score (nSPS) is 10.2. The largest absolute Gasteiger partial charge is 0.464 e. The molecule has 1 aromatic carbocycles. The van der Waals surface area contributed by atoms with Gasteiger partial charge in [-0.3, -0.25) is 0 Å². The summed E-state index contributed by atoms with van der Waals surface area (Å²) in [6, 6.07) is 6.89. The Morgan fingerprint density at radius 3 is 2.75 bits per heavy atom. The Labute approximate surface area is 122 Å². The lowest BCUT2D eigenvalue weighted by molar-refractivity contribution is 0.0593. The highest BCUT2D eigenvalue weighted by atomic mass is 79.9. The first-order chi connectivity index (χ1) is 9.49. The van der Waals surface area contributed by atoms with Crippen LogP contribution in [0, 0.1) is 5.82 Å². The van der Waals surface area contributed by atoms with Crippen molar-refractivity contribution in [2.75, 3.05) is 12.8 Å². The van der Waals surface area contributed by atoms with Crippen molar-refractivity contribution < 1.29 is 18.7 Å². The summed E-state index contributed by atoms with van der Waals surface area (Å²) in [5.74, 6) is -0.879. The average molecular weight is 341 g/mol. The second-order valence-electron chi connectivity index (χ2n) is 3.79. The highest BCUT2D eigenvalue weighted by Gasteiger charge is 2.12. The molecular weight excluding hydrogens is 331 g/mol. The maximum absolute atomic E-state index is 13.3. The van der Waals surface area contributed by atoms with E-state index in [1.54, 1.807) is 6.07 Å². The SMILES string of the molecule is COC(=O)c1ccc(N)c(Oc2cc(F)cc(Br)c2)n1. The molecule has 0 unspecified atom stereocenters. The quantitative estimate of drug-likeness (QED) is 0.868. The number of methoxy groups -OCH3 is 1. The third-order valence-corrected chi connectivity index (χ3v) is 2.79. The number of carbonyl (C=O) groups excluding carboxylic acids is 1. The number of nitrogen functional groups attached to an aromatic ring is 1. The van der Waals surface area contributed by atoms with Crippen LogP contribution in [-0.2, 0) is 4.74 Å². The van der Waals surface area contributed by atoms with Crippen LogP contribution in [0.15, 0.2) is 34.8 Å². The summed E-state index contributed by atoms with van der Waals surface area (Å²) in [6.45, 7) is 0. The second-order valence-corrected chi connectivity index (χ2v) is 4.71. The molecule has 0 fully saturated rings. The number of esters is 1. The number of rotatable bonds is 3. The van der Waals surface area contributed by atoms with Gasteiger partial charge in [0.2, 0.25) is 5.88 Å². The molecule has 0 saturated heterocycles. The second kappa shape index (κ2) is 5.87. The number of pyridine rings is 1. The Bertz CT molecular complexity index is 644. The minimum atomic E-state index is -0.615. The van der Waals surface area contributed by atoms with E-state index in [0.717, 1.165) is 0 Å². The number of hydrogen-bond acceptors (Lipinski definition) is 5. The molecule has 0 aliphatic carbocycles. The number of carbonyl (C=O) groups is 1. The van der Waals surface area contributed by atoms with Gasteiger partial charge < -0.3 is 15.2 Å². The average Bonchev–Trinajstić information content (AvgIpc) is 2.39. The number of anilines is 1. The van der Waals surface area contributed by atoms with Crippen LogP contribution in [0.1, 0.15) is 10.5 Å². The van der Waals surface area contributed by atoms with Crippen LogP contribution < -0.4 is 10.5 Å². The maximum Gasteiger partial charge on any atom is 0.356 e. The van der Waals surface area contributed by atoms with Gasteiger partial charge in [-0.15, -0.1) is 0 Å². The van der Waals surface area contributed by atoms with Gasteiger partial charge in [-0.1, -0.05) is 15.9 Å². The molecule has 0 atom stereocenters. The minimum Gasteiger partial charge on any atom is -0.464 e. The van der Waals surface area contributed by atoms with Gasteiger partial charge in [-0.25, -0.2) is 14.2 Å². The summed E-state index contributed by atoms with van der Waals surface area (Å²) in [6.07, 6.45) is 0. The van der Waals surface area contributed by atoms with Gasteiger partial charge in [-0.05, 0) is 24.3 Å². The third kappa shape index (κ3) is 3.24. The summed E-state index contributed by atoms with van der Waals surface area (Å²) in [7, 11) is 1.24. The molecule has 1 aromatic heterocycles. The third-order valence-electron chi connectivity index (χ3n) is 2.33. The first-order valence-electron chi connectivity index (χ1n) is 5.48. The lowest BCUT2D eigenvalue weighted by Crippen LogP contribution is -2.06. The number of benzene rings is 1. The molecule has 0 bridgehead atoms. The zero-order valence-electron chi connectivity index (χ0n) is 10.4. The molecule has 7 heteroatoms. The summed E-state index contributed by atoms with van der Waals surface area (Å²) >= 11 is 3.15. The van der Waals surface area contributed by atoms with Crippen molar-refractivity contribution in [2.24, 2.45) is 0 Å². The number of aromatic nitrogens is 1. The molecule has 0 aliphatic rings. The van der Waals surface area contributed by atoms with Crippen LogP contribution in [0.5, 0.6) is 11.6 Å². The number of nitrogens with two attached hydrogens (primary N) is 1. The Morgan fingerprint density at radius 1 is 1.35 bits per heavy atom. The van der Waals surface area contributed by atoms with Crippen LogP contribution in [0.4, 0.5) is 10.1 Å². The molecule has 1 heterocycles. The number of halogens is 2. The van der Waals surface area contributed by atoms with E-state index in [2.05, 4.69) is 25.7 Å². The smallest absolute Gasteiger partial charge is 0.356 e. The van der Waals surface area contributed by atoms with Gasteiger partial charge in [0.1, 0.15) is 11.6 Å². The lowest BCUT2D eigenvalue weighted by Gasteiger charge is -2.09. The standard InChI is InChI=1S/C13H10BrFN2O3/c1-19-13(18)11-3-2-10(16)12(17-11)20-9-5-7(14)4-8(15)6-9/h2-6H,16H2,1H3. The predicted molar refractivity (Wildman–Crippen MR) is 74.2 cm³/mol. The van der Waals surface area contributed by atoms with Crippen LogP contribution >= 0.6 is 15.9 Å². The zero-order chi connectivity index (χ0) is 14.7. The van der Waals surface area contributed by atoms with Gasteiger partial charge in [-0.2, -0.15) is 0 Å². The molecule has 104 valence electrons. The fourth-order valence-corrected chi connectivity index (χ4v) is 1.89. The van der Waals surface area contributed by atoms with Crippen molar-refractivity contribution in [3.8, 4) is 11.6 Å². The zero-order valence-corrected chi connectivity index (χ0v) is 12.0. The molecule has 0 spiro atoms. The van der Waals surface area contributed by atoms with E-state index in [9.17, 15) is 9.18 Å². The Hall–Kier alpha value is -2.15. The molecular formula is C13H10BrFN2O3. The van der Waals surface area contributed by atoms with E-state index < -0.39 is 11.8 Å². The topological polar surface area (TPSA) is 74.4 Å². The van der Waals surface area contributed by atoms with E-state index in [-0.39, 0.29) is 23.0 Å². The maximum atomic E-state index is 13.3. The first kappa shape index (κ1) is 14.3. The lowest BCUT2D eigenvalue weighted by atomic mass is 10.3. The van der Waals surface area contributed by atoms with Crippen molar-refractivity contribution in [3.63, 3.8) is 0 Å². The molecule has 0 saturated carbocycles. The highest BCUT2D eigenvalue weighted by Crippen LogP contribution is 2.28. The Morgan fingerprint density at radius 2 is 2.10 bits per heavy atom. The molecule has 2 rings (SSSR count). The first-order valence-corrected chi connectivity index (χ1v) is 6.27. The van der Waals surface area contributed by atoms with Gasteiger partial charge in [0, 0.05) is 10.5 Å². The molecule has 5 nitrogen and oxygen atoms in total. The van der Waals surface area contributed by atoms with E-state index in [1.165, 1.54) is 31.4 Å². The van der Waals surface area contributed by atoms with Crippen LogP contribution in [0.3, 0.4) is 0 Å². The Kier molecular flexibility index (Phi) is 4.19. The molecule has 2 aromatic rings. The van der Waals surface area contributed by atoms with Crippen molar-refractivity contribution in [1.82, 2.24) is 4.98 Å². The molecule has 0 radical (unpaired) electrons. The van der Waals surface area contributed by atoms with Gasteiger partial charge >= 0.3 is 5.97 Å². The van der Waals surface area contributed by atoms with E-state index in [4.69, 9.17) is 10.5 Å². The number of ether oxygens (including phenoxy) is 2. The van der Waals surface area contributed by atoms with Crippen molar-refractivity contribution in [1.29, 1.82) is 0 Å². The van der Waals surface area contributed by atoms with Crippen LogP contribution in [0.25, 0.3) is 0 Å². The predicted octanol–water partition coefficient (Wildman–Crippen LogP) is 3.14. The van der Waals surface area contributed by atoms with Gasteiger partial charge in [0.05, 0.1) is 12.8 Å². The minimum absolute atomic E-state index is 0.00500. The van der Waals surface area contributed by atoms with E-state index in [0.29, 0.717) is 4.47 Å². The summed E-state index contributed by atoms with van der Waals surface area (Å²) in [5.41, 5.74) is 5.98. The number of hydrogen-bond donors (Lipinski definition) is 1. The van der Waals surface area contributed by atoms with Crippen molar-refractivity contribution in [3.05, 3.63) is 46.3 Å². The van der Waals surface area contributed by atoms with Gasteiger partial charge in [0.15, 0.2) is 5.69 Å². The van der Waals surface area contributed by atoms with Crippen molar-refractivity contribution >= 4 is 27.6 Å². The highest BCUT2D eigenvalue weighted by molar-refractivity contribution is 9.10. The molecule has 0 amide bonds. The fraction of sp³-hybridized carbons (Fsp3) is 0.0769. The Balaban J connectivity index is 2.34. The van der Waals surface area contributed by atoms with Crippen molar-refractivity contribution in [2.45, 2.75) is 0 Å². The fourth-order valence-electron chi connectivity index (χ4n) is 1.45. The monoisotopic (exact) mass is 340 g/mol. The summed E-state index contributed by atoms with van der Waals surface area (Å²) in [5, 5.41) is 0. The summed E-state index contributed by atoms with van der Waals surface area (Å²) in [4.78, 5) is 15.3. The molecule has 0 aliphatic heterocycles. The van der Waals surface area contributed by atoms with Crippen LogP contribution in [-0.4, -0.2) is 18.1 Å². The van der Waals surface area contributed by atoms with Gasteiger partial charge in [0.25, 0.3) is 0 Å². The van der Waals surface area contributed by atoms with Crippen LogP contribution in [0.2, 0.25) is 0 Å². The molecule has 2 N–H and O–H groups in total. The molecule has 20 heavy (non-hydrogen) atoms. The van der Waals surface area contributed by atoms with E-state index >= 15 is 0 Å². The van der Waals surface area contributed by atoms with E-state index in [1.807, 2.05) is 0 Å². The summed E-state index contributed by atoms with van der Waals surface area (Å²) < 4.78 is 23.7.